The fourth-order valence-corrected chi connectivity index (χ4v) is 5.41. The molecule has 1 aromatic rings. The third-order valence-electron chi connectivity index (χ3n) is 5.49. The van der Waals surface area contributed by atoms with Gasteiger partial charge in [0, 0.05) is 17.4 Å². The molecular formula is C19H23N5O8S. The summed E-state index contributed by atoms with van der Waals surface area (Å²) in [6, 6.07) is 0.582. The van der Waals surface area contributed by atoms with Gasteiger partial charge >= 0.3 is 23.7 Å². The quantitative estimate of drug-likeness (QED) is 0.119. The van der Waals surface area contributed by atoms with Gasteiger partial charge in [0.15, 0.2) is 5.75 Å². The van der Waals surface area contributed by atoms with Crippen molar-refractivity contribution in [2.45, 2.75) is 49.1 Å². The van der Waals surface area contributed by atoms with Crippen LogP contribution in [0.25, 0.3) is 0 Å². The maximum Gasteiger partial charge on any atom is 0.350 e. The number of carboxylic acid groups (broad SMARTS) is 2. The summed E-state index contributed by atoms with van der Waals surface area (Å²) in [6.07, 6.45) is 0.594. The van der Waals surface area contributed by atoms with E-state index in [1.807, 2.05) is 0 Å². The molecule has 0 unspecified atom stereocenters. The fourth-order valence-electron chi connectivity index (χ4n) is 3.86. The second-order valence-electron chi connectivity index (χ2n) is 7.72. The molecule has 0 saturated carbocycles. The molecule has 0 aromatic heterocycles. The first kappa shape index (κ1) is 24.3. The number of nitrogens with zero attached hydrogens (tertiary/aromatic N) is 2. The molecule has 2 aliphatic rings. The average Bonchev–Trinajstić information content (AvgIpc) is 3.27. The number of fused-ring (bicyclic) bond motifs is 1. The first-order valence-electron chi connectivity index (χ1n) is 10.1. The zero-order valence-corrected chi connectivity index (χ0v) is 18.1. The standard InChI is InChI=1S/C19H23N5O8S/c20-9(17(26)27)6-8-4-5-12(25)16(24(31)32)14(8)21-10(18(28)29)2-1-3-13-15-11(7-33-13)22-19(30)23-15/h4-5,9,11,13,15,25H,1-3,6-7,20H2,(H,26,27)(H,28,29)(H2,22,23,30)/t9-,11-,13-,15-/m0/s1. The lowest BCUT2D eigenvalue weighted by molar-refractivity contribution is -0.385. The van der Waals surface area contributed by atoms with Crippen LogP contribution in [-0.4, -0.2) is 73.1 Å². The highest BCUT2D eigenvalue weighted by Gasteiger charge is 2.42. The largest absolute Gasteiger partial charge is 0.502 e. The molecule has 4 atom stereocenters. The van der Waals surface area contributed by atoms with Crippen molar-refractivity contribution in [3.63, 3.8) is 0 Å². The minimum atomic E-state index is -1.40. The van der Waals surface area contributed by atoms with Gasteiger partial charge in [-0.25, -0.2) is 14.6 Å². The van der Waals surface area contributed by atoms with Gasteiger partial charge in [-0.05, 0) is 30.9 Å². The summed E-state index contributed by atoms with van der Waals surface area (Å²) in [5.74, 6) is -2.72. The highest BCUT2D eigenvalue weighted by Crippen LogP contribution is 2.40. The predicted molar refractivity (Wildman–Crippen MR) is 118 cm³/mol. The van der Waals surface area contributed by atoms with Gasteiger partial charge in [-0.1, -0.05) is 6.07 Å². The molecule has 7 N–H and O–H groups in total. The van der Waals surface area contributed by atoms with E-state index in [2.05, 4.69) is 15.6 Å². The topological polar surface area (TPSA) is 217 Å². The maximum atomic E-state index is 11.8. The highest BCUT2D eigenvalue weighted by atomic mass is 32.2. The molecule has 33 heavy (non-hydrogen) atoms. The Morgan fingerprint density at radius 1 is 1.33 bits per heavy atom. The Kier molecular flexibility index (Phi) is 7.38. The van der Waals surface area contributed by atoms with Crippen LogP contribution in [0.1, 0.15) is 24.8 Å². The zero-order valence-electron chi connectivity index (χ0n) is 17.3. The predicted octanol–water partition coefficient (Wildman–Crippen LogP) is 0.748. The Labute approximate surface area is 191 Å². The van der Waals surface area contributed by atoms with Gasteiger partial charge in [0.25, 0.3) is 0 Å². The summed E-state index contributed by atoms with van der Waals surface area (Å²) >= 11 is 1.66. The number of phenolic OH excluding ortho intramolecular Hbond substituents is 1. The SMILES string of the molecule is N[C@@H](Cc1ccc(O)c([N+](=O)[O-])c1N=C(CCC[C@@H]1SC[C@@H]2NC(=O)N[C@@H]21)C(=O)O)C(=O)O. The van der Waals surface area contributed by atoms with E-state index in [-0.39, 0.29) is 47.5 Å². The second kappa shape index (κ2) is 10.0. The van der Waals surface area contributed by atoms with Crippen molar-refractivity contribution in [1.82, 2.24) is 10.6 Å². The number of phenols is 1. The minimum absolute atomic E-state index is 0.0241. The molecule has 1 aromatic carbocycles. The van der Waals surface area contributed by atoms with Crippen molar-refractivity contribution in [3.8, 4) is 5.75 Å². The highest BCUT2D eigenvalue weighted by molar-refractivity contribution is 8.00. The molecule has 14 heteroatoms. The molecule has 13 nitrogen and oxygen atoms in total. The monoisotopic (exact) mass is 481 g/mol. The maximum absolute atomic E-state index is 11.8. The summed E-state index contributed by atoms with van der Waals surface area (Å²) in [5.41, 5.74) is 3.94. The number of hydrogen-bond donors (Lipinski definition) is 6. The number of carboxylic acids is 2. The van der Waals surface area contributed by atoms with E-state index < -0.39 is 40.0 Å². The van der Waals surface area contributed by atoms with Gasteiger partial charge in [-0.2, -0.15) is 11.8 Å². The van der Waals surface area contributed by atoms with Crippen molar-refractivity contribution in [2.75, 3.05) is 5.75 Å². The third kappa shape index (κ3) is 5.51. The fraction of sp³-hybridized carbons (Fsp3) is 0.474. The van der Waals surface area contributed by atoms with E-state index in [1.54, 1.807) is 11.8 Å². The number of urea groups is 1. The molecule has 2 amide bonds. The van der Waals surface area contributed by atoms with Gasteiger partial charge in [0.2, 0.25) is 0 Å². The molecule has 2 aliphatic heterocycles. The van der Waals surface area contributed by atoms with Crippen molar-refractivity contribution in [3.05, 3.63) is 27.8 Å². The van der Waals surface area contributed by atoms with Crippen LogP contribution < -0.4 is 16.4 Å². The Morgan fingerprint density at radius 3 is 2.70 bits per heavy atom. The van der Waals surface area contributed by atoms with Crippen LogP contribution in [-0.2, 0) is 16.0 Å². The molecule has 0 radical (unpaired) electrons. The number of nitro benzene ring substituents is 1. The molecular weight excluding hydrogens is 458 g/mol. The number of nitro groups is 1. The molecule has 0 spiro atoms. The van der Waals surface area contributed by atoms with Crippen LogP contribution in [0.3, 0.4) is 0 Å². The van der Waals surface area contributed by atoms with Crippen molar-refractivity contribution < 1.29 is 34.6 Å². The van der Waals surface area contributed by atoms with Crippen molar-refractivity contribution in [2.24, 2.45) is 10.7 Å². The second-order valence-corrected chi connectivity index (χ2v) is 9.00. The summed E-state index contributed by atoms with van der Waals surface area (Å²) in [6.45, 7) is 0. The number of benzene rings is 1. The van der Waals surface area contributed by atoms with Gasteiger partial charge in [-0.15, -0.1) is 0 Å². The van der Waals surface area contributed by atoms with Crippen LogP contribution in [0.4, 0.5) is 16.2 Å². The Balaban J connectivity index is 1.83. The lowest BCUT2D eigenvalue weighted by Gasteiger charge is -2.16. The Hall–Kier alpha value is -3.39. The number of amides is 2. The Bertz CT molecular complexity index is 1020. The summed E-state index contributed by atoms with van der Waals surface area (Å²) in [5, 5.41) is 45.9. The van der Waals surface area contributed by atoms with E-state index >= 15 is 0 Å². The van der Waals surface area contributed by atoms with Gasteiger partial charge < -0.3 is 31.7 Å². The number of thioether (sulfide) groups is 1. The molecule has 2 fully saturated rings. The lowest BCUT2D eigenvalue weighted by atomic mass is 10.0. The molecule has 0 aliphatic carbocycles. The number of aromatic hydroxyl groups is 1. The molecule has 3 rings (SSSR count). The van der Waals surface area contributed by atoms with E-state index in [4.69, 9.17) is 10.8 Å². The average molecular weight is 481 g/mol. The van der Waals surface area contributed by atoms with E-state index in [9.17, 15) is 34.7 Å². The number of carbonyl (C=O) groups excluding carboxylic acids is 1. The number of aliphatic carboxylic acids is 2. The minimum Gasteiger partial charge on any atom is -0.502 e. The number of aliphatic imine (C=N–C) groups is 1. The van der Waals surface area contributed by atoms with Gasteiger partial charge in [-0.3, -0.25) is 14.9 Å². The normalized spacial score (nSPS) is 22.9. The number of carbonyl (C=O) groups is 3. The summed E-state index contributed by atoms with van der Waals surface area (Å²) < 4.78 is 0. The van der Waals surface area contributed by atoms with Crippen LogP contribution in [0.2, 0.25) is 0 Å². The van der Waals surface area contributed by atoms with Gasteiger partial charge in [0.05, 0.1) is 17.0 Å². The van der Waals surface area contributed by atoms with E-state index in [0.29, 0.717) is 12.8 Å². The smallest absolute Gasteiger partial charge is 0.350 e. The van der Waals surface area contributed by atoms with E-state index in [1.165, 1.54) is 6.07 Å². The third-order valence-corrected chi connectivity index (χ3v) is 7.00. The number of nitrogens with two attached hydrogens (primary N) is 1. The van der Waals surface area contributed by atoms with Crippen LogP contribution >= 0.6 is 11.8 Å². The zero-order chi connectivity index (χ0) is 24.3. The van der Waals surface area contributed by atoms with Crippen molar-refractivity contribution in [1.29, 1.82) is 0 Å². The number of rotatable bonds is 10. The van der Waals surface area contributed by atoms with E-state index in [0.717, 1.165) is 11.8 Å². The van der Waals surface area contributed by atoms with Crippen LogP contribution in [0.5, 0.6) is 5.75 Å². The first-order valence-corrected chi connectivity index (χ1v) is 11.1. The van der Waals surface area contributed by atoms with Crippen LogP contribution in [0, 0.1) is 10.1 Å². The molecule has 2 heterocycles. The van der Waals surface area contributed by atoms with Crippen LogP contribution in [0.15, 0.2) is 17.1 Å². The van der Waals surface area contributed by atoms with Gasteiger partial charge in [0.1, 0.15) is 17.4 Å². The molecule has 2 saturated heterocycles. The molecule has 0 bridgehead atoms. The molecule has 178 valence electrons. The number of hydrogen-bond acceptors (Lipinski definition) is 9. The first-order chi connectivity index (χ1) is 15.6. The van der Waals surface area contributed by atoms with Crippen molar-refractivity contribution >= 4 is 46.8 Å². The Morgan fingerprint density at radius 2 is 2.06 bits per heavy atom. The summed E-state index contributed by atoms with van der Waals surface area (Å²) in [4.78, 5) is 49.0. The lowest BCUT2D eigenvalue weighted by Crippen LogP contribution is -2.36. The number of nitrogens with one attached hydrogen (secondary N) is 2. The summed E-state index contributed by atoms with van der Waals surface area (Å²) in [7, 11) is 0.